The predicted octanol–water partition coefficient (Wildman–Crippen LogP) is 2.18. The van der Waals surface area contributed by atoms with Gasteiger partial charge in [-0.2, -0.15) is 0 Å². The molecule has 1 aliphatic heterocycles. The van der Waals surface area contributed by atoms with Gasteiger partial charge in [-0.3, -0.25) is 18.8 Å². The van der Waals surface area contributed by atoms with Gasteiger partial charge in [0.1, 0.15) is 11.2 Å². The Balaban J connectivity index is 1.52. The average molecular weight is 362 g/mol. The molecular weight excluding hydrogens is 344 g/mol. The zero-order valence-electron chi connectivity index (χ0n) is 14.6. The van der Waals surface area contributed by atoms with Crippen LogP contribution in [0.2, 0.25) is 0 Å². The van der Waals surface area contributed by atoms with Crippen LogP contribution in [0.3, 0.4) is 0 Å². The first-order valence-electron chi connectivity index (χ1n) is 8.80. The second-order valence-electron chi connectivity index (χ2n) is 6.44. The van der Waals surface area contributed by atoms with E-state index < -0.39 is 11.5 Å². The second-order valence-corrected chi connectivity index (χ2v) is 6.44. The van der Waals surface area contributed by atoms with Gasteiger partial charge in [0.05, 0.1) is 0 Å². The van der Waals surface area contributed by atoms with Crippen molar-refractivity contribution in [3.05, 3.63) is 76.3 Å². The number of benzene rings is 1. The van der Waals surface area contributed by atoms with Crippen molar-refractivity contribution in [2.45, 2.75) is 12.8 Å². The fourth-order valence-corrected chi connectivity index (χ4v) is 3.18. The first-order chi connectivity index (χ1) is 13.1. The lowest BCUT2D eigenvalue weighted by atomic mass is 10.1. The van der Waals surface area contributed by atoms with E-state index in [0.717, 1.165) is 25.9 Å². The zero-order chi connectivity index (χ0) is 18.8. The van der Waals surface area contributed by atoms with Crippen LogP contribution in [0.5, 0.6) is 0 Å². The fourth-order valence-electron chi connectivity index (χ4n) is 3.18. The number of hydrogen-bond donors (Lipinski definition) is 1. The summed E-state index contributed by atoms with van der Waals surface area (Å²) in [5, 5.41) is 2.68. The van der Waals surface area contributed by atoms with Crippen LogP contribution in [0.25, 0.3) is 5.65 Å². The molecule has 1 fully saturated rings. The number of fused-ring (bicyclic) bond motifs is 1. The maximum atomic E-state index is 12.5. The number of pyridine rings is 1. The van der Waals surface area contributed by atoms with Crippen molar-refractivity contribution in [1.29, 1.82) is 0 Å². The number of carbonyl (C=O) groups is 2. The molecule has 27 heavy (non-hydrogen) atoms. The molecule has 3 heterocycles. The molecule has 7 nitrogen and oxygen atoms in total. The summed E-state index contributed by atoms with van der Waals surface area (Å²) in [5.41, 5.74) is 1.09. The van der Waals surface area contributed by atoms with Gasteiger partial charge in [-0.1, -0.05) is 6.07 Å². The smallest absolute Gasteiger partial charge is 0.270 e. The molecule has 1 aliphatic rings. The molecule has 0 unspecified atom stereocenters. The molecule has 0 aliphatic carbocycles. The van der Waals surface area contributed by atoms with E-state index in [-0.39, 0.29) is 11.5 Å². The van der Waals surface area contributed by atoms with Crippen LogP contribution >= 0.6 is 0 Å². The molecule has 4 rings (SSSR count). The molecule has 0 saturated carbocycles. The number of amides is 2. The predicted molar refractivity (Wildman–Crippen MR) is 101 cm³/mol. The van der Waals surface area contributed by atoms with Crippen molar-refractivity contribution in [1.82, 2.24) is 14.3 Å². The third-order valence-electron chi connectivity index (χ3n) is 4.64. The fraction of sp³-hybridized carbons (Fsp3) is 0.200. The highest BCUT2D eigenvalue weighted by molar-refractivity contribution is 6.04. The molecule has 0 radical (unpaired) electrons. The summed E-state index contributed by atoms with van der Waals surface area (Å²) in [6, 6.07) is 11.9. The lowest BCUT2D eigenvalue weighted by molar-refractivity contribution is 0.0792. The van der Waals surface area contributed by atoms with E-state index in [1.807, 2.05) is 4.90 Å². The summed E-state index contributed by atoms with van der Waals surface area (Å²) >= 11 is 0. The van der Waals surface area contributed by atoms with Crippen LogP contribution in [-0.4, -0.2) is 39.2 Å². The molecule has 7 heteroatoms. The summed E-state index contributed by atoms with van der Waals surface area (Å²) < 4.78 is 1.33. The first-order valence-corrected chi connectivity index (χ1v) is 8.80. The number of rotatable bonds is 3. The monoisotopic (exact) mass is 362 g/mol. The molecule has 1 N–H and O–H groups in total. The van der Waals surface area contributed by atoms with Gasteiger partial charge in [0.2, 0.25) is 0 Å². The summed E-state index contributed by atoms with van der Waals surface area (Å²) in [5.74, 6) is -0.535. The van der Waals surface area contributed by atoms with E-state index in [4.69, 9.17) is 0 Å². The summed E-state index contributed by atoms with van der Waals surface area (Å²) in [4.78, 5) is 43.3. The molecular formula is C20H18N4O3. The number of carbonyl (C=O) groups excluding carboxylic acids is 2. The Morgan fingerprint density at radius 1 is 1.00 bits per heavy atom. The largest absolute Gasteiger partial charge is 0.339 e. The van der Waals surface area contributed by atoms with E-state index in [1.165, 1.54) is 10.6 Å². The summed E-state index contributed by atoms with van der Waals surface area (Å²) in [6.45, 7) is 1.58. The molecule has 2 amide bonds. The van der Waals surface area contributed by atoms with Gasteiger partial charge in [-0.25, -0.2) is 4.98 Å². The number of hydrogen-bond acceptors (Lipinski definition) is 4. The normalized spacial score (nSPS) is 13.7. The van der Waals surface area contributed by atoms with Gasteiger partial charge in [0, 0.05) is 36.7 Å². The minimum atomic E-state index is -0.538. The van der Waals surface area contributed by atoms with Crippen LogP contribution in [0.1, 0.15) is 33.6 Å². The Kier molecular flexibility index (Phi) is 4.42. The van der Waals surface area contributed by atoms with Crippen LogP contribution in [0.15, 0.2) is 59.7 Å². The molecule has 136 valence electrons. The molecule has 1 saturated heterocycles. The lowest BCUT2D eigenvalue weighted by Crippen LogP contribution is -2.27. The van der Waals surface area contributed by atoms with Crippen molar-refractivity contribution < 1.29 is 9.59 Å². The number of anilines is 1. The third kappa shape index (κ3) is 3.31. The Bertz CT molecular complexity index is 1070. The quantitative estimate of drug-likeness (QED) is 0.774. The third-order valence-corrected chi connectivity index (χ3v) is 4.64. The van der Waals surface area contributed by atoms with Gasteiger partial charge >= 0.3 is 0 Å². The molecule has 1 aromatic carbocycles. The Morgan fingerprint density at radius 3 is 2.48 bits per heavy atom. The minimum absolute atomic E-state index is 0.00218. The highest BCUT2D eigenvalue weighted by Gasteiger charge is 2.19. The van der Waals surface area contributed by atoms with Crippen LogP contribution < -0.4 is 10.9 Å². The number of aromatic nitrogens is 2. The molecule has 0 bridgehead atoms. The first kappa shape index (κ1) is 17.0. The van der Waals surface area contributed by atoms with Gasteiger partial charge in [0.25, 0.3) is 17.4 Å². The number of nitrogens with zero attached hydrogens (tertiary/aromatic N) is 3. The summed E-state index contributed by atoms with van der Waals surface area (Å²) in [7, 11) is 0. The van der Waals surface area contributed by atoms with Crippen LogP contribution in [0.4, 0.5) is 5.69 Å². The van der Waals surface area contributed by atoms with E-state index >= 15 is 0 Å². The molecule has 3 aromatic rings. The van der Waals surface area contributed by atoms with E-state index in [1.54, 1.807) is 48.7 Å². The van der Waals surface area contributed by atoms with Crippen molar-refractivity contribution in [3.8, 4) is 0 Å². The van der Waals surface area contributed by atoms with E-state index in [0.29, 0.717) is 16.9 Å². The van der Waals surface area contributed by atoms with E-state index in [9.17, 15) is 14.4 Å². The van der Waals surface area contributed by atoms with Crippen molar-refractivity contribution >= 4 is 23.1 Å². The minimum Gasteiger partial charge on any atom is -0.339 e. The Morgan fingerprint density at radius 2 is 1.74 bits per heavy atom. The van der Waals surface area contributed by atoms with Gasteiger partial charge in [0.15, 0.2) is 0 Å². The maximum Gasteiger partial charge on any atom is 0.270 e. The average Bonchev–Trinajstić information content (AvgIpc) is 3.23. The maximum absolute atomic E-state index is 12.5. The van der Waals surface area contributed by atoms with Gasteiger partial charge in [-0.15, -0.1) is 0 Å². The summed E-state index contributed by atoms with van der Waals surface area (Å²) in [6.07, 6.45) is 4.92. The molecule has 0 atom stereocenters. The second kappa shape index (κ2) is 7.03. The standard InChI is InChI=1S/C20H18N4O3/c25-18(16-13-21-17-5-1-2-12-24(17)20(16)27)22-15-8-6-14(7-9-15)19(26)23-10-3-4-11-23/h1-2,5-9,12-13H,3-4,10-11H2,(H,22,25). The van der Waals surface area contributed by atoms with Crippen molar-refractivity contribution in [2.24, 2.45) is 0 Å². The van der Waals surface area contributed by atoms with Crippen LogP contribution in [0, 0.1) is 0 Å². The SMILES string of the molecule is O=C(Nc1ccc(C(=O)N2CCCC2)cc1)c1cnc2ccccn2c1=O. The van der Waals surface area contributed by atoms with Gasteiger partial charge < -0.3 is 10.2 Å². The molecule has 2 aromatic heterocycles. The molecule has 0 spiro atoms. The number of likely N-dealkylation sites (tertiary alicyclic amines) is 1. The number of nitrogens with one attached hydrogen (secondary N) is 1. The zero-order valence-corrected chi connectivity index (χ0v) is 14.6. The van der Waals surface area contributed by atoms with E-state index in [2.05, 4.69) is 10.3 Å². The highest BCUT2D eigenvalue weighted by atomic mass is 16.2. The lowest BCUT2D eigenvalue weighted by Gasteiger charge is -2.15. The topological polar surface area (TPSA) is 83.8 Å². The highest BCUT2D eigenvalue weighted by Crippen LogP contribution is 2.16. The Hall–Kier alpha value is -3.48. The van der Waals surface area contributed by atoms with Crippen molar-refractivity contribution in [2.75, 3.05) is 18.4 Å². The van der Waals surface area contributed by atoms with Crippen LogP contribution in [-0.2, 0) is 0 Å². The van der Waals surface area contributed by atoms with Gasteiger partial charge in [-0.05, 0) is 49.2 Å². The Labute approximate surface area is 155 Å². The van der Waals surface area contributed by atoms with Crippen molar-refractivity contribution in [3.63, 3.8) is 0 Å².